The van der Waals surface area contributed by atoms with Gasteiger partial charge in [-0.3, -0.25) is 9.20 Å². The van der Waals surface area contributed by atoms with Gasteiger partial charge in [0.1, 0.15) is 4.34 Å². The van der Waals surface area contributed by atoms with Gasteiger partial charge in [-0.25, -0.2) is 14.5 Å². The van der Waals surface area contributed by atoms with Gasteiger partial charge >= 0.3 is 5.69 Å². The Morgan fingerprint density at radius 1 is 1.06 bits per heavy atom. The van der Waals surface area contributed by atoms with Crippen molar-refractivity contribution in [2.24, 2.45) is 0 Å². The SMILES string of the molecule is Cc1csc(SCc2ccc(C(=O)Nc3cccc(Cn4nc5ccccn5c4=O)c3)cc2)n1. The van der Waals surface area contributed by atoms with Crippen molar-refractivity contribution in [3.8, 4) is 0 Å². The third-order valence-electron chi connectivity index (χ3n) is 5.18. The van der Waals surface area contributed by atoms with E-state index in [1.165, 1.54) is 9.08 Å². The zero-order valence-electron chi connectivity index (χ0n) is 18.3. The molecule has 0 atom stereocenters. The first-order valence-electron chi connectivity index (χ1n) is 10.6. The lowest BCUT2D eigenvalue weighted by Crippen LogP contribution is -2.21. The summed E-state index contributed by atoms with van der Waals surface area (Å²) in [5, 5.41) is 9.35. The van der Waals surface area contributed by atoms with Gasteiger partial charge in [0.2, 0.25) is 0 Å². The third-order valence-corrected chi connectivity index (χ3v) is 7.39. The summed E-state index contributed by atoms with van der Waals surface area (Å²) in [4.78, 5) is 29.7. The van der Waals surface area contributed by atoms with Crippen LogP contribution in [0.4, 0.5) is 5.69 Å². The number of nitrogens with one attached hydrogen (secondary N) is 1. The molecule has 3 aromatic heterocycles. The number of hydrogen-bond donors (Lipinski definition) is 1. The molecule has 0 aliphatic carbocycles. The number of benzene rings is 2. The van der Waals surface area contributed by atoms with Crippen molar-refractivity contribution in [3.05, 3.63) is 111 Å². The first-order chi connectivity index (χ1) is 16.5. The Labute approximate surface area is 204 Å². The van der Waals surface area contributed by atoms with E-state index in [0.717, 1.165) is 26.9 Å². The first-order valence-corrected chi connectivity index (χ1v) is 12.5. The zero-order chi connectivity index (χ0) is 23.5. The largest absolute Gasteiger partial charge is 0.350 e. The molecular weight excluding hydrogens is 466 g/mol. The maximum atomic E-state index is 12.8. The number of pyridine rings is 1. The van der Waals surface area contributed by atoms with E-state index in [1.54, 1.807) is 41.4 Å². The Morgan fingerprint density at radius 2 is 1.91 bits per heavy atom. The number of thioether (sulfide) groups is 1. The molecule has 0 unspecified atom stereocenters. The number of fused-ring (bicyclic) bond motifs is 1. The van der Waals surface area contributed by atoms with Gasteiger partial charge in [0.15, 0.2) is 5.65 Å². The highest BCUT2D eigenvalue weighted by atomic mass is 32.2. The molecule has 2 aromatic carbocycles. The molecule has 3 heterocycles. The van der Waals surface area contributed by atoms with E-state index in [9.17, 15) is 9.59 Å². The molecule has 5 aromatic rings. The lowest BCUT2D eigenvalue weighted by molar-refractivity contribution is 0.102. The summed E-state index contributed by atoms with van der Waals surface area (Å²) in [6.45, 7) is 2.30. The van der Waals surface area contributed by atoms with Crippen LogP contribution >= 0.6 is 23.1 Å². The summed E-state index contributed by atoms with van der Waals surface area (Å²) >= 11 is 3.34. The fourth-order valence-electron chi connectivity index (χ4n) is 3.49. The standard InChI is InChI=1S/C25H21N5O2S2/c1-17-15-33-24(26-17)34-16-18-8-10-20(11-9-18)23(31)27-21-6-4-5-19(13-21)14-30-25(32)29-12-3-2-7-22(29)28-30/h2-13,15H,14,16H2,1H3,(H,27,31). The number of aromatic nitrogens is 4. The number of aryl methyl sites for hydroxylation is 1. The van der Waals surface area contributed by atoms with Crippen molar-refractivity contribution in [3.63, 3.8) is 0 Å². The lowest BCUT2D eigenvalue weighted by Gasteiger charge is -2.08. The fourth-order valence-corrected chi connectivity index (χ4v) is 5.30. The smallest absolute Gasteiger partial charge is 0.322 e. The van der Waals surface area contributed by atoms with Crippen molar-refractivity contribution in [1.29, 1.82) is 0 Å². The molecular formula is C25H21N5O2S2. The lowest BCUT2D eigenvalue weighted by atomic mass is 10.1. The second-order valence-electron chi connectivity index (χ2n) is 7.76. The van der Waals surface area contributed by atoms with Gasteiger partial charge in [-0.2, -0.15) is 0 Å². The highest BCUT2D eigenvalue weighted by Crippen LogP contribution is 2.26. The summed E-state index contributed by atoms with van der Waals surface area (Å²) in [6.07, 6.45) is 1.70. The number of anilines is 1. The molecule has 7 nitrogen and oxygen atoms in total. The van der Waals surface area contributed by atoms with Crippen LogP contribution < -0.4 is 11.0 Å². The van der Waals surface area contributed by atoms with E-state index >= 15 is 0 Å². The predicted molar refractivity (Wildman–Crippen MR) is 136 cm³/mol. The van der Waals surface area contributed by atoms with Crippen molar-refractivity contribution < 1.29 is 4.79 Å². The van der Waals surface area contributed by atoms with Crippen molar-refractivity contribution >= 4 is 40.3 Å². The quantitative estimate of drug-likeness (QED) is 0.332. The Hall–Kier alpha value is -3.69. The van der Waals surface area contributed by atoms with Crippen LogP contribution in [0.3, 0.4) is 0 Å². The number of nitrogens with zero attached hydrogens (tertiary/aromatic N) is 4. The monoisotopic (exact) mass is 487 g/mol. The van der Waals surface area contributed by atoms with E-state index < -0.39 is 0 Å². The Bertz CT molecular complexity index is 1520. The Morgan fingerprint density at radius 3 is 2.68 bits per heavy atom. The molecule has 5 rings (SSSR count). The molecule has 9 heteroatoms. The van der Waals surface area contributed by atoms with Crippen LogP contribution in [0.5, 0.6) is 0 Å². The molecule has 0 aliphatic rings. The van der Waals surface area contributed by atoms with Gasteiger partial charge in [-0.15, -0.1) is 16.4 Å². The van der Waals surface area contributed by atoms with Crippen LogP contribution in [0.1, 0.15) is 27.2 Å². The molecule has 0 bridgehead atoms. The van der Waals surface area contributed by atoms with Crippen molar-refractivity contribution in [2.45, 2.75) is 23.6 Å². The van der Waals surface area contributed by atoms with Crippen LogP contribution in [0, 0.1) is 6.92 Å². The highest BCUT2D eigenvalue weighted by Gasteiger charge is 2.10. The predicted octanol–water partition coefficient (Wildman–Crippen LogP) is 4.85. The molecule has 0 fully saturated rings. The minimum absolute atomic E-state index is 0.184. The molecule has 0 saturated carbocycles. The molecule has 0 radical (unpaired) electrons. The highest BCUT2D eigenvalue weighted by molar-refractivity contribution is 8.00. The van der Waals surface area contributed by atoms with E-state index in [0.29, 0.717) is 23.4 Å². The number of hydrogen-bond acceptors (Lipinski definition) is 6. The Kier molecular flexibility index (Phi) is 6.29. The summed E-state index contributed by atoms with van der Waals surface area (Å²) in [7, 11) is 0. The second-order valence-corrected chi connectivity index (χ2v) is 9.84. The third kappa shape index (κ3) is 4.95. The number of carbonyl (C=O) groups excluding carboxylic acids is 1. The molecule has 1 amide bonds. The van der Waals surface area contributed by atoms with Crippen LogP contribution in [-0.4, -0.2) is 25.1 Å². The molecule has 34 heavy (non-hydrogen) atoms. The summed E-state index contributed by atoms with van der Waals surface area (Å²) in [6, 6.07) is 20.5. The van der Waals surface area contributed by atoms with Crippen molar-refractivity contribution in [1.82, 2.24) is 19.2 Å². The van der Waals surface area contributed by atoms with Gasteiger partial charge in [-0.1, -0.05) is 42.1 Å². The summed E-state index contributed by atoms with van der Waals surface area (Å²) < 4.78 is 3.97. The molecule has 0 saturated heterocycles. The van der Waals surface area contributed by atoms with E-state index in [1.807, 2.05) is 66.9 Å². The van der Waals surface area contributed by atoms with Crippen LogP contribution in [0.15, 0.2) is 87.4 Å². The minimum atomic E-state index is -0.201. The molecule has 170 valence electrons. The summed E-state index contributed by atoms with van der Waals surface area (Å²) in [5.74, 6) is 0.621. The molecule has 1 N–H and O–H groups in total. The topological polar surface area (TPSA) is 81.3 Å². The normalized spacial score (nSPS) is 11.1. The number of thiazole rings is 1. The van der Waals surface area contributed by atoms with Gasteiger partial charge in [-0.05, 0) is 54.4 Å². The van der Waals surface area contributed by atoms with E-state index in [4.69, 9.17) is 0 Å². The fraction of sp³-hybridized carbons (Fsp3) is 0.120. The number of carbonyl (C=O) groups is 1. The van der Waals surface area contributed by atoms with Gasteiger partial charge in [0.25, 0.3) is 5.91 Å². The maximum Gasteiger partial charge on any atom is 0.350 e. The first kappa shape index (κ1) is 22.1. The average molecular weight is 488 g/mol. The molecule has 0 spiro atoms. The maximum absolute atomic E-state index is 12.8. The van der Waals surface area contributed by atoms with Gasteiger partial charge in [0, 0.05) is 34.3 Å². The number of amides is 1. The van der Waals surface area contributed by atoms with E-state index in [-0.39, 0.29) is 11.6 Å². The van der Waals surface area contributed by atoms with Crippen molar-refractivity contribution in [2.75, 3.05) is 5.32 Å². The average Bonchev–Trinajstić information content (AvgIpc) is 3.41. The second kappa shape index (κ2) is 9.66. The van der Waals surface area contributed by atoms with Crippen LogP contribution in [-0.2, 0) is 12.3 Å². The van der Waals surface area contributed by atoms with Gasteiger partial charge in [0.05, 0.1) is 6.54 Å². The zero-order valence-corrected chi connectivity index (χ0v) is 20.0. The van der Waals surface area contributed by atoms with E-state index in [2.05, 4.69) is 15.4 Å². The summed E-state index contributed by atoms with van der Waals surface area (Å²) in [5.41, 5.74) is 4.68. The van der Waals surface area contributed by atoms with Crippen LogP contribution in [0.2, 0.25) is 0 Å². The van der Waals surface area contributed by atoms with Gasteiger partial charge < -0.3 is 5.32 Å². The minimum Gasteiger partial charge on any atom is -0.322 e. The molecule has 0 aliphatic heterocycles. The Balaban J connectivity index is 1.23. The van der Waals surface area contributed by atoms with Crippen LogP contribution in [0.25, 0.3) is 5.65 Å². The number of rotatable bonds is 7.